The monoisotopic (exact) mass is 332 g/mol. The summed E-state index contributed by atoms with van der Waals surface area (Å²) in [5.74, 6) is 0.117. The van der Waals surface area contributed by atoms with Crippen molar-refractivity contribution in [1.82, 2.24) is 9.88 Å². The van der Waals surface area contributed by atoms with Crippen LogP contribution in [0.2, 0.25) is 0 Å². The van der Waals surface area contributed by atoms with E-state index in [0.29, 0.717) is 0 Å². The molecule has 1 N–H and O–H groups in total. The van der Waals surface area contributed by atoms with E-state index in [4.69, 9.17) is 0 Å². The summed E-state index contributed by atoms with van der Waals surface area (Å²) in [7, 11) is 0. The number of benzene rings is 2. The Bertz CT molecular complexity index is 860. The summed E-state index contributed by atoms with van der Waals surface area (Å²) in [6.45, 7) is 3.38. The number of piperidine rings is 1. The summed E-state index contributed by atoms with van der Waals surface area (Å²) in [6, 6.07) is 17.7. The number of para-hydroxylation sites is 1. The Morgan fingerprint density at radius 3 is 2.44 bits per heavy atom. The van der Waals surface area contributed by atoms with Gasteiger partial charge in [0.15, 0.2) is 5.78 Å². The highest BCUT2D eigenvalue weighted by Gasteiger charge is 2.20. The van der Waals surface area contributed by atoms with Crippen LogP contribution in [0.5, 0.6) is 0 Å². The number of nitrogens with zero attached hydrogens (tertiary/aromatic N) is 1. The minimum Gasteiger partial charge on any atom is -0.358 e. The van der Waals surface area contributed by atoms with Gasteiger partial charge in [0, 0.05) is 35.1 Å². The van der Waals surface area contributed by atoms with Gasteiger partial charge in [0.25, 0.3) is 0 Å². The quantitative estimate of drug-likeness (QED) is 0.702. The van der Waals surface area contributed by atoms with Crippen molar-refractivity contribution in [3.63, 3.8) is 0 Å². The standard InChI is InChI=1S/C22H24N2O/c25-22(17-9-3-1-4-10-17)21-18-11-5-6-12-19(18)23-20(21)13-16-24-14-7-2-8-15-24/h1,3-6,9-12,23H,2,7-8,13-16H2. The zero-order chi connectivity index (χ0) is 17.1. The van der Waals surface area contributed by atoms with Crippen molar-refractivity contribution in [1.29, 1.82) is 0 Å². The molecule has 0 spiro atoms. The van der Waals surface area contributed by atoms with Crippen LogP contribution in [0.1, 0.15) is 40.9 Å². The van der Waals surface area contributed by atoms with E-state index in [1.807, 2.05) is 48.5 Å². The van der Waals surface area contributed by atoms with E-state index in [9.17, 15) is 4.79 Å². The van der Waals surface area contributed by atoms with Crippen molar-refractivity contribution < 1.29 is 4.79 Å². The molecule has 128 valence electrons. The molecule has 0 bridgehead atoms. The number of aromatic amines is 1. The molecule has 0 aliphatic carbocycles. The fraction of sp³-hybridized carbons (Fsp3) is 0.318. The molecule has 1 fully saturated rings. The van der Waals surface area contributed by atoms with Gasteiger partial charge in [0.2, 0.25) is 0 Å². The second-order valence-electron chi connectivity index (χ2n) is 6.87. The Balaban J connectivity index is 1.67. The number of carbonyl (C=O) groups excluding carboxylic acids is 1. The van der Waals surface area contributed by atoms with E-state index in [0.717, 1.165) is 40.7 Å². The third kappa shape index (κ3) is 3.38. The van der Waals surface area contributed by atoms with E-state index in [1.54, 1.807) is 0 Å². The molecule has 4 rings (SSSR count). The Morgan fingerprint density at radius 1 is 0.920 bits per heavy atom. The van der Waals surface area contributed by atoms with Crippen LogP contribution in [0.4, 0.5) is 0 Å². The molecular formula is C22H24N2O. The Morgan fingerprint density at radius 2 is 1.64 bits per heavy atom. The zero-order valence-electron chi connectivity index (χ0n) is 14.5. The van der Waals surface area contributed by atoms with Crippen molar-refractivity contribution in [2.45, 2.75) is 25.7 Å². The minimum atomic E-state index is 0.117. The molecule has 3 nitrogen and oxygen atoms in total. The molecule has 1 aliphatic heterocycles. The lowest BCUT2D eigenvalue weighted by Crippen LogP contribution is -2.31. The average Bonchev–Trinajstić information content (AvgIpc) is 3.05. The predicted octanol–water partition coefficient (Wildman–Crippen LogP) is 4.43. The number of rotatable bonds is 5. The molecule has 3 heteroatoms. The van der Waals surface area contributed by atoms with Gasteiger partial charge in [-0.3, -0.25) is 4.79 Å². The number of hydrogen-bond acceptors (Lipinski definition) is 2. The summed E-state index contributed by atoms with van der Waals surface area (Å²) < 4.78 is 0. The number of nitrogens with one attached hydrogen (secondary N) is 1. The van der Waals surface area contributed by atoms with Gasteiger partial charge in [-0.25, -0.2) is 0 Å². The lowest BCUT2D eigenvalue weighted by molar-refractivity contribution is 0.103. The molecule has 0 radical (unpaired) electrons. The maximum absolute atomic E-state index is 13.2. The molecule has 3 aromatic rings. The van der Waals surface area contributed by atoms with E-state index >= 15 is 0 Å². The number of carbonyl (C=O) groups is 1. The topological polar surface area (TPSA) is 36.1 Å². The van der Waals surface area contributed by atoms with E-state index < -0.39 is 0 Å². The van der Waals surface area contributed by atoms with Crippen LogP contribution in [0.25, 0.3) is 10.9 Å². The largest absolute Gasteiger partial charge is 0.358 e. The minimum absolute atomic E-state index is 0.117. The smallest absolute Gasteiger partial charge is 0.195 e. The van der Waals surface area contributed by atoms with Gasteiger partial charge < -0.3 is 9.88 Å². The van der Waals surface area contributed by atoms with Crippen molar-refractivity contribution in [2.24, 2.45) is 0 Å². The number of likely N-dealkylation sites (tertiary alicyclic amines) is 1. The summed E-state index contributed by atoms with van der Waals surface area (Å²) in [4.78, 5) is 19.2. The van der Waals surface area contributed by atoms with Gasteiger partial charge in [-0.2, -0.15) is 0 Å². The van der Waals surface area contributed by atoms with Crippen LogP contribution >= 0.6 is 0 Å². The number of fused-ring (bicyclic) bond motifs is 1. The van der Waals surface area contributed by atoms with Gasteiger partial charge in [-0.05, 0) is 32.0 Å². The number of hydrogen-bond donors (Lipinski definition) is 1. The SMILES string of the molecule is O=C(c1ccccc1)c1c(CCN2CCCCC2)[nH]c2ccccc12. The molecule has 0 unspecified atom stereocenters. The predicted molar refractivity (Wildman–Crippen MR) is 102 cm³/mol. The highest BCUT2D eigenvalue weighted by molar-refractivity contribution is 6.17. The average molecular weight is 332 g/mol. The Labute approximate surface area is 148 Å². The molecule has 1 aromatic heterocycles. The van der Waals surface area contributed by atoms with Gasteiger partial charge in [-0.15, -0.1) is 0 Å². The molecule has 2 heterocycles. The number of aromatic nitrogens is 1. The van der Waals surface area contributed by atoms with Crippen molar-refractivity contribution in [2.75, 3.05) is 19.6 Å². The molecule has 2 aromatic carbocycles. The molecule has 1 aliphatic rings. The molecule has 0 saturated carbocycles. The lowest BCUT2D eigenvalue weighted by Gasteiger charge is -2.26. The van der Waals surface area contributed by atoms with E-state index in [-0.39, 0.29) is 5.78 Å². The first kappa shape index (κ1) is 16.1. The second kappa shape index (κ2) is 7.24. The van der Waals surface area contributed by atoms with Gasteiger partial charge >= 0.3 is 0 Å². The molecule has 0 amide bonds. The first-order chi connectivity index (χ1) is 12.3. The molecule has 0 atom stereocenters. The van der Waals surface area contributed by atoms with E-state index in [2.05, 4.69) is 16.0 Å². The fourth-order valence-electron chi connectivity index (χ4n) is 3.83. The van der Waals surface area contributed by atoms with Crippen LogP contribution in [0.15, 0.2) is 54.6 Å². The maximum Gasteiger partial charge on any atom is 0.195 e. The zero-order valence-corrected chi connectivity index (χ0v) is 14.5. The first-order valence-electron chi connectivity index (χ1n) is 9.24. The second-order valence-corrected chi connectivity index (χ2v) is 6.87. The van der Waals surface area contributed by atoms with Crippen molar-refractivity contribution in [3.05, 3.63) is 71.4 Å². The number of H-pyrrole nitrogens is 1. The number of ketones is 1. The van der Waals surface area contributed by atoms with Crippen LogP contribution < -0.4 is 0 Å². The molecule has 1 saturated heterocycles. The van der Waals surface area contributed by atoms with Crippen molar-refractivity contribution >= 4 is 16.7 Å². The third-order valence-electron chi connectivity index (χ3n) is 5.17. The first-order valence-corrected chi connectivity index (χ1v) is 9.24. The fourth-order valence-corrected chi connectivity index (χ4v) is 3.83. The normalized spacial score (nSPS) is 15.5. The highest BCUT2D eigenvalue weighted by atomic mass is 16.1. The van der Waals surface area contributed by atoms with Gasteiger partial charge in [-0.1, -0.05) is 55.0 Å². The maximum atomic E-state index is 13.2. The molecular weight excluding hydrogens is 308 g/mol. The van der Waals surface area contributed by atoms with E-state index in [1.165, 1.54) is 32.4 Å². The third-order valence-corrected chi connectivity index (χ3v) is 5.17. The Hall–Kier alpha value is -2.39. The summed E-state index contributed by atoms with van der Waals surface area (Å²) in [6.07, 6.45) is 4.83. The summed E-state index contributed by atoms with van der Waals surface area (Å²) >= 11 is 0. The Kier molecular flexibility index (Phi) is 4.66. The van der Waals surface area contributed by atoms with Crippen molar-refractivity contribution in [3.8, 4) is 0 Å². The van der Waals surface area contributed by atoms with Gasteiger partial charge in [0.05, 0.1) is 5.56 Å². The van der Waals surface area contributed by atoms with Crippen LogP contribution in [0, 0.1) is 0 Å². The van der Waals surface area contributed by atoms with Gasteiger partial charge in [0.1, 0.15) is 0 Å². The molecule has 25 heavy (non-hydrogen) atoms. The van der Waals surface area contributed by atoms with Crippen LogP contribution in [0.3, 0.4) is 0 Å². The van der Waals surface area contributed by atoms with Crippen LogP contribution in [-0.2, 0) is 6.42 Å². The highest BCUT2D eigenvalue weighted by Crippen LogP contribution is 2.26. The van der Waals surface area contributed by atoms with Crippen LogP contribution in [-0.4, -0.2) is 35.3 Å². The summed E-state index contributed by atoms with van der Waals surface area (Å²) in [5.41, 5.74) is 3.72. The lowest BCUT2D eigenvalue weighted by atomic mass is 9.99. The summed E-state index contributed by atoms with van der Waals surface area (Å²) in [5, 5.41) is 1.03.